The molecule has 0 radical (unpaired) electrons. The lowest BCUT2D eigenvalue weighted by molar-refractivity contribution is -0.525. The van der Waals surface area contributed by atoms with Crippen LogP contribution in [0.5, 0.6) is 0 Å². The van der Waals surface area contributed by atoms with E-state index in [0.717, 1.165) is 0 Å². The van der Waals surface area contributed by atoms with Gasteiger partial charge in [-0.3, -0.25) is 9.89 Å². The minimum Gasteiger partial charge on any atom is -1.00 e. The molecule has 0 aromatic carbocycles. The van der Waals surface area contributed by atoms with Crippen molar-refractivity contribution in [3.05, 3.63) is 0 Å². The van der Waals surface area contributed by atoms with Gasteiger partial charge < -0.3 is 12.4 Å². The molecule has 0 unspecified atom stereocenters. The van der Waals surface area contributed by atoms with Gasteiger partial charge in [-0.15, -0.1) is 0 Å². The highest BCUT2D eigenvalue weighted by atomic mass is 35.5. The summed E-state index contributed by atoms with van der Waals surface area (Å²) in [5.41, 5.74) is 0. The molecule has 0 amide bonds. The molecule has 0 aromatic heterocycles. The smallest absolute Gasteiger partial charge is 0.244 e. The van der Waals surface area contributed by atoms with Gasteiger partial charge in [-0.1, -0.05) is 0 Å². The van der Waals surface area contributed by atoms with Crippen LogP contribution in [0.2, 0.25) is 0 Å². The van der Waals surface area contributed by atoms with Crippen LogP contribution in [0.1, 0.15) is 19.3 Å². The van der Waals surface area contributed by atoms with E-state index in [1.165, 1.54) is 44.7 Å². The molecule has 0 bridgehead atoms. The summed E-state index contributed by atoms with van der Waals surface area (Å²) in [6.07, 6.45) is 3.98. The minimum absolute atomic E-state index is 0. The lowest BCUT2D eigenvalue weighted by atomic mass is 10.3. The largest absolute Gasteiger partial charge is 1.00 e. The second-order valence-electron chi connectivity index (χ2n) is 2.82. The molecule has 0 spiro atoms. The lowest BCUT2D eigenvalue weighted by Crippen LogP contribution is -3.00. The quantitative estimate of drug-likeness (QED) is 0.378. The molecule has 2 aliphatic heterocycles. The maximum atomic E-state index is 3.42. The molecule has 2 rings (SSSR count). The Hall–Kier alpha value is -0.240. The first-order valence-electron chi connectivity index (χ1n) is 3.81. The van der Waals surface area contributed by atoms with E-state index in [1.807, 2.05) is 0 Å². The zero-order valence-electron chi connectivity index (χ0n) is 6.07. The first-order chi connectivity index (χ1) is 4.47. The Balaban J connectivity index is 0.000000500. The van der Waals surface area contributed by atoms with E-state index in [-0.39, 0.29) is 12.4 Å². The molecule has 58 valence electrons. The Kier molecular flexibility index (Phi) is 2.55. The third-order valence-electron chi connectivity index (χ3n) is 2.16. The Labute approximate surface area is 67.7 Å². The van der Waals surface area contributed by atoms with Gasteiger partial charge in [0, 0.05) is 6.42 Å². The number of amidine groups is 1. The van der Waals surface area contributed by atoms with Crippen molar-refractivity contribution >= 4 is 5.84 Å². The van der Waals surface area contributed by atoms with Gasteiger partial charge in [0.15, 0.2) is 0 Å². The second-order valence-corrected chi connectivity index (χ2v) is 2.82. The first kappa shape index (κ1) is 7.86. The zero-order chi connectivity index (χ0) is 6.10. The van der Waals surface area contributed by atoms with E-state index in [0.29, 0.717) is 0 Å². The lowest BCUT2D eigenvalue weighted by Gasteiger charge is -2.09. The van der Waals surface area contributed by atoms with Gasteiger partial charge in [0.2, 0.25) is 5.84 Å². The van der Waals surface area contributed by atoms with Crippen molar-refractivity contribution in [2.24, 2.45) is 0 Å². The molecule has 0 saturated heterocycles. The number of hydrogen-bond acceptors (Lipinski definition) is 1. The van der Waals surface area contributed by atoms with Crippen LogP contribution in [0.25, 0.3) is 0 Å². The van der Waals surface area contributed by atoms with Crippen molar-refractivity contribution in [2.75, 3.05) is 19.6 Å². The Bertz CT molecular complexity index is 138. The van der Waals surface area contributed by atoms with E-state index in [2.05, 4.69) is 9.89 Å². The van der Waals surface area contributed by atoms with Gasteiger partial charge in [0.25, 0.3) is 0 Å². The highest BCUT2D eigenvalue weighted by Crippen LogP contribution is 2.05. The maximum absolute atomic E-state index is 3.42. The second kappa shape index (κ2) is 3.24. The van der Waals surface area contributed by atoms with Gasteiger partial charge in [0.1, 0.15) is 0 Å². The molecule has 0 aliphatic carbocycles. The summed E-state index contributed by atoms with van der Waals surface area (Å²) in [5, 5.41) is 3.42. The minimum atomic E-state index is 0. The summed E-state index contributed by atoms with van der Waals surface area (Å²) < 4.78 is 2.48. The Morgan fingerprint density at radius 1 is 1.20 bits per heavy atom. The van der Waals surface area contributed by atoms with Crippen molar-refractivity contribution in [1.82, 2.24) is 5.32 Å². The molecule has 10 heavy (non-hydrogen) atoms. The topological polar surface area (TPSA) is 15.0 Å². The molecular weight excluding hydrogens is 148 g/mol. The van der Waals surface area contributed by atoms with Crippen molar-refractivity contribution < 1.29 is 17.0 Å². The van der Waals surface area contributed by atoms with E-state index in [4.69, 9.17) is 0 Å². The van der Waals surface area contributed by atoms with Gasteiger partial charge in [0.05, 0.1) is 26.1 Å². The molecule has 1 N–H and O–H groups in total. The van der Waals surface area contributed by atoms with Crippen LogP contribution in [0.4, 0.5) is 0 Å². The number of hydrogen-bond donors (Lipinski definition) is 1. The molecule has 2 heterocycles. The number of halogens is 1. The van der Waals surface area contributed by atoms with Gasteiger partial charge >= 0.3 is 0 Å². The van der Waals surface area contributed by atoms with E-state index >= 15 is 0 Å². The van der Waals surface area contributed by atoms with Gasteiger partial charge in [-0.05, 0) is 6.42 Å². The average molecular weight is 161 g/mol. The fraction of sp³-hybridized carbons (Fsp3) is 0.857. The Morgan fingerprint density at radius 3 is 2.80 bits per heavy atom. The standard InChI is InChI=1S/C7H12N2.ClH/c1-3-7-8-4-2-6-9(7)5-1;/h1-6H2;1H. The zero-order valence-corrected chi connectivity index (χ0v) is 6.82. The molecular formula is C7H13ClN2. The van der Waals surface area contributed by atoms with Crippen molar-refractivity contribution in [3.8, 4) is 0 Å². The predicted molar refractivity (Wildman–Crippen MR) is 36.9 cm³/mol. The number of nitrogens with one attached hydrogen (secondary N) is 1. The van der Waals surface area contributed by atoms with Crippen LogP contribution < -0.4 is 17.7 Å². The fourth-order valence-electron chi connectivity index (χ4n) is 1.68. The summed E-state index contributed by atoms with van der Waals surface area (Å²) in [6.45, 7) is 3.79. The fourth-order valence-corrected chi connectivity index (χ4v) is 1.68. The molecule has 0 atom stereocenters. The third kappa shape index (κ3) is 1.26. The van der Waals surface area contributed by atoms with Crippen LogP contribution in [-0.4, -0.2) is 30.0 Å². The van der Waals surface area contributed by atoms with Crippen LogP contribution in [0.3, 0.4) is 0 Å². The van der Waals surface area contributed by atoms with Gasteiger partial charge in [-0.2, -0.15) is 0 Å². The molecule has 2 nitrogen and oxygen atoms in total. The summed E-state index contributed by atoms with van der Waals surface area (Å²) in [6, 6.07) is 0. The summed E-state index contributed by atoms with van der Waals surface area (Å²) in [5.74, 6) is 1.50. The predicted octanol–water partition coefficient (Wildman–Crippen LogP) is -2.81. The summed E-state index contributed by atoms with van der Waals surface area (Å²) in [4.78, 5) is 0. The van der Waals surface area contributed by atoms with E-state index in [9.17, 15) is 0 Å². The third-order valence-corrected chi connectivity index (χ3v) is 2.16. The summed E-state index contributed by atoms with van der Waals surface area (Å²) >= 11 is 0. The SMILES string of the molecule is C1CNC2=[N+](C1)CCC2.[Cl-]. The molecule has 0 fully saturated rings. The summed E-state index contributed by atoms with van der Waals surface area (Å²) in [7, 11) is 0. The van der Waals surface area contributed by atoms with Crippen LogP contribution in [0, 0.1) is 0 Å². The number of rotatable bonds is 0. The van der Waals surface area contributed by atoms with Crippen molar-refractivity contribution in [3.63, 3.8) is 0 Å². The van der Waals surface area contributed by atoms with E-state index < -0.39 is 0 Å². The van der Waals surface area contributed by atoms with Gasteiger partial charge in [-0.25, -0.2) is 0 Å². The Morgan fingerprint density at radius 2 is 2.00 bits per heavy atom. The molecule has 2 aliphatic rings. The normalized spacial score (nSPS) is 23.2. The highest BCUT2D eigenvalue weighted by molar-refractivity contribution is 5.78. The van der Waals surface area contributed by atoms with Crippen LogP contribution in [-0.2, 0) is 0 Å². The molecule has 0 saturated carbocycles. The molecule has 3 heteroatoms. The van der Waals surface area contributed by atoms with Crippen LogP contribution >= 0.6 is 0 Å². The number of nitrogens with zero attached hydrogens (tertiary/aromatic N) is 1. The average Bonchev–Trinajstić information content (AvgIpc) is 2.33. The highest BCUT2D eigenvalue weighted by Gasteiger charge is 2.22. The van der Waals surface area contributed by atoms with Crippen LogP contribution in [0.15, 0.2) is 0 Å². The maximum Gasteiger partial charge on any atom is 0.244 e. The first-order valence-corrected chi connectivity index (χ1v) is 3.81. The van der Waals surface area contributed by atoms with Crippen molar-refractivity contribution in [1.29, 1.82) is 0 Å². The monoisotopic (exact) mass is 160 g/mol. The van der Waals surface area contributed by atoms with E-state index in [1.54, 1.807) is 0 Å². The van der Waals surface area contributed by atoms with Crippen molar-refractivity contribution in [2.45, 2.75) is 19.3 Å². The molecule has 0 aromatic rings.